The number of piperidine rings is 1. The lowest BCUT2D eigenvalue weighted by molar-refractivity contribution is 0.0904. The highest BCUT2D eigenvalue weighted by molar-refractivity contribution is 5.92. The van der Waals surface area contributed by atoms with Crippen LogP contribution in [0.1, 0.15) is 28.9 Å². The van der Waals surface area contributed by atoms with Gasteiger partial charge in [-0.15, -0.1) is 6.42 Å². The maximum Gasteiger partial charge on any atom is 0.271 e. The first-order valence-electron chi connectivity index (χ1n) is 7.69. The van der Waals surface area contributed by atoms with Gasteiger partial charge in [0.05, 0.1) is 11.7 Å². The van der Waals surface area contributed by atoms with Crippen LogP contribution >= 0.6 is 0 Å². The number of nitrogens with zero attached hydrogens (tertiary/aromatic N) is 3. The Kier molecular flexibility index (Phi) is 3.12. The summed E-state index contributed by atoms with van der Waals surface area (Å²) in [6, 6.07) is 2.11. The highest BCUT2D eigenvalue weighted by Gasteiger charge is 2.33. The van der Waals surface area contributed by atoms with Gasteiger partial charge in [-0.25, -0.2) is 4.98 Å². The van der Waals surface area contributed by atoms with Crippen LogP contribution in [0.4, 0.5) is 0 Å². The van der Waals surface area contributed by atoms with Gasteiger partial charge in [0.25, 0.3) is 5.91 Å². The van der Waals surface area contributed by atoms with Crippen LogP contribution in [0.3, 0.4) is 0 Å². The molecule has 2 aliphatic heterocycles. The van der Waals surface area contributed by atoms with Crippen molar-refractivity contribution >= 4 is 11.4 Å². The van der Waals surface area contributed by atoms with Crippen molar-refractivity contribution in [1.82, 2.24) is 19.6 Å². The minimum Gasteiger partial charge on any atom is -0.347 e. The third-order valence-corrected chi connectivity index (χ3v) is 4.68. The van der Waals surface area contributed by atoms with Crippen molar-refractivity contribution in [3.05, 3.63) is 35.9 Å². The molecule has 0 aliphatic carbocycles. The molecule has 2 bridgehead atoms. The van der Waals surface area contributed by atoms with E-state index in [1.54, 1.807) is 12.4 Å². The SMILES string of the molecule is C#Cc1cc2cnc(C(=O)N[C@@H]3C[C@H]4CCN(C4)C3)cn2c1. The summed E-state index contributed by atoms with van der Waals surface area (Å²) >= 11 is 0. The number of aromatic nitrogens is 2. The Morgan fingerprint density at radius 3 is 3.14 bits per heavy atom. The Labute approximate surface area is 129 Å². The summed E-state index contributed by atoms with van der Waals surface area (Å²) in [6.45, 7) is 3.31. The number of terminal acetylenes is 1. The number of fused-ring (bicyclic) bond motifs is 3. The Morgan fingerprint density at radius 2 is 2.32 bits per heavy atom. The third kappa shape index (κ3) is 2.36. The van der Waals surface area contributed by atoms with Crippen LogP contribution < -0.4 is 5.32 Å². The molecule has 4 heterocycles. The van der Waals surface area contributed by atoms with Crippen LogP contribution in [0.25, 0.3) is 5.52 Å². The smallest absolute Gasteiger partial charge is 0.271 e. The zero-order valence-electron chi connectivity index (χ0n) is 12.3. The van der Waals surface area contributed by atoms with Crippen molar-refractivity contribution in [3.63, 3.8) is 0 Å². The Bertz CT molecular complexity index is 761. The normalized spacial score (nSPS) is 26.8. The largest absolute Gasteiger partial charge is 0.347 e. The van der Waals surface area contributed by atoms with Gasteiger partial charge in [0.2, 0.25) is 0 Å². The lowest BCUT2D eigenvalue weighted by Crippen LogP contribution is -2.47. The van der Waals surface area contributed by atoms with Crippen molar-refractivity contribution in [2.45, 2.75) is 18.9 Å². The fourth-order valence-electron chi connectivity index (χ4n) is 3.63. The first kappa shape index (κ1) is 13.4. The summed E-state index contributed by atoms with van der Waals surface area (Å²) in [4.78, 5) is 19.1. The molecule has 0 aromatic carbocycles. The number of rotatable bonds is 2. The van der Waals surface area contributed by atoms with Crippen molar-refractivity contribution < 1.29 is 4.79 Å². The zero-order valence-corrected chi connectivity index (χ0v) is 12.3. The average molecular weight is 294 g/mol. The Balaban J connectivity index is 1.51. The van der Waals surface area contributed by atoms with Gasteiger partial charge in [-0.3, -0.25) is 4.79 Å². The van der Waals surface area contributed by atoms with Crippen LogP contribution in [0.2, 0.25) is 0 Å². The van der Waals surface area contributed by atoms with E-state index in [2.05, 4.69) is 21.1 Å². The highest BCUT2D eigenvalue weighted by atomic mass is 16.2. The van der Waals surface area contributed by atoms with E-state index in [1.807, 2.05) is 16.7 Å². The summed E-state index contributed by atoms with van der Waals surface area (Å²) < 4.78 is 1.85. The van der Waals surface area contributed by atoms with E-state index in [0.29, 0.717) is 5.69 Å². The predicted molar refractivity (Wildman–Crippen MR) is 83.5 cm³/mol. The summed E-state index contributed by atoms with van der Waals surface area (Å²) in [5.74, 6) is 3.22. The molecule has 2 aliphatic rings. The fraction of sp³-hybridized carbons (Fsp3) is 0.412. The minimum absolute atomic E-state index is 0.106. The molecular weight excluding hydrogens is 276 g/mol. The number of nitrogens with one attached hydrogen (secondary N) is 1. The third-order valence-electron chi connectivity index (χ3n) is 4.68. The molecule has 2 fully saturated rings. The van der Waals surface area contributed by atoms with Crippen molar-refractivity contribution in [3.8, 4) is 12.3 Å². The second kappa shape index (κ2) is 5.15. The molecule has 5 heteroatoms. The van der Waals surface area contributed by atoms with E-state index in [-0.39, 0.29) is 11.9 Å². The molecule has 2 saturated heterocycles. The maximum atomic E-state index is 12.4. The second-order valence-electron chi connectivity index (χ2n) is 6.30. The van der Waals surface area contributed by atoms with Gasteiger partial charge < -0.3 is 14.6 Å². The van der Waals surface area contributed by atoms with E-state index in [4.69, 9.17) is 6.42 Å². The van der Waals surface area contributed by atoms with E-state index < -0.39 is 0 Å². The number of carbonyl (C=O) groups excluding carboxylic acids is 1. The van der Waals surface area contributed by atoms with Crippen LogP contribution in [0, 0.1) is 18.3 Å². The van der Waals surface area contributed by atoms with Gasteiger partial charge in [-0.2, -0.15) is 0 Å². The predicted octanol–water partition coefficient (Wildman–Crippen LogP) is 1.14. The number of carbonyl (C=O) groups is 1. The highest BCUT2D eigenvalue weighted by Crippen LogP contribution is 2.26. The van der Waals surface area contributed by atoms with Gasteiger partial charge in [-0.05, 0) is 31.4 Å². The molecule has 3 atom stereocenters. The molecule has 1 unspecified atom stereocenters. The molecule has 5 nitrogen and oxygen atoms in total. The van der Waals surface area contributed by atoms with Crippen molar-refractivity contribution in [2.75, 3.05) is 19.6 Å². The van der Waals surface area contributed by atoms with Gasteiger partial charge in [-0.1, -0.05) is 5.92 Å². The molecule has 112 valence electrons. The van der Waals surface area contributed by atoms with Crippen molar-refractivity contribution in [2.24, 2.45) is 5.92 Å². The lowest BCUT2D eigenvalue weighted by Gasteiger charge is -2.30. The first-order valence-corrected chi connectivity index (χ1v) is 7.69. The monoisotopic (exact) mass is 294 g/mol. The van der Waals surface area contributed by atoms with E-state index in [0.717, 1.165) is 30.0 Å². The number of hydrogen-bond acceptors (Lipinski definition) is 3. The molecule has 2 aromatic heterocycles. The second-order valence-corrected chi connectivity index (χ2v) is 6.30. The summed E-state index contributed by atoms with van der Waals surface area (Å²) in [6.07, 6.45) is 13.0. The van der Waals surface area contributed by atoms with Gasteiger partial charge in [0.15, 0.2) is 0 Å². The summed E-state index contributed by atoms with van der Waals surface area (Å²) in [5.41, 5.74) is 2.11. The topological polar surface area (TPSA) is 49.6 Å². The zero-order chi connectivity index (χ0) is 15.1. The lowest BCUT2D eigenvalue weighted by atomic mass is 9.97. The number of hydrogen-bond donors (Lipinski definition) is 1. The summed E-state index contributed by atoms with van der Waals surface area (Å²) in [5, 5.41) is 3.12. The van der Waals surface area contributed by atoms with Crippen LogP contribution in [0.15, 0.2) is 24.7 Å². The van der Waals surface area contributed by atoms with E-state index in [1.165, 1.54) is 19.5 Å². The molecule has 1 N–H and O–H groups in total. The van der Waals surface area contributed by atoms with Crippen LogP contribution in [-0.2, 0) is 0 Å². The van der Waals surface area contributed by atoms with Crippen molar-refractivity contribution in [1.29, 1.82) is 0 Å². The summed E-state index contributed by atoms with van der Waals surface area (Å²) in [7, 11) is 0. The molecule has 1 amide bonds. The van der Waals surface area contributed by atoms with E-state index >= 15 is 0 Å². The molecular formula is C17H18N4O. The number of amides is 1. The fourth-order valence-corrected chi connectivity index (χ4v) is 3.63. The molecule has 4 rings (SSSR count). The van der Waals surface area contributed by atoms with Crippen LogP contribution in [0.5, 0.6) is 0 Å². The van der Waals surface area contributed by atoms with Gasteiger partial charge in [0.1, 0.15) is 5.69 Å². The molecule has 0 radical (unpaired) electrons. The van der Waals surface area contributed by atoms with Gasteiger partial charge >= 0.3 is 0 Å². The molecule has 0 saturated carbocycles. The van der Waals surface area contributed by atoms with Gasteiger partial charge in [0, 0.05) is 37.1 Å². The molecule has 22 heavy (non-hydrogen) atoms. The Morgan fingerprint density at radius 1 is 1.41 bits per heavy atom. The van der Waals surface area contributed by atoms with Crippen LogP contribution in [-0.4, -0.2) is 45.9 Å². The standard InChI is InChI=1S/C17H18N4O/c1-2-12-6-15-7-18-16(11-21(15)9-12)17(22)19-14-5-13-3-4-20(8-13)10-14/h1,6-7,9,11,13-14H,3-5,8,10H2,(H,19,22)/t13-,14-/m1/s1. The van der Waals surface area contributed by atoms with E-state index in [9.17, 15) is 4.79 Å². The minimum atomic E-state index is -0.106. The average Bonchev–Trinajstić information content (AvgIpc) is 3.09. The molecule has 0 spiro atoms. The first-order chi connectivity index (χ1) is 10.7. The maximum absolute atomic E-state index is 12.4. The molecule has 2 aromatic rings. The Hall–Kier alpha value is -2.32. The quantitative estimate of drug-likeness (QED) is 0.845.